The van der Waals surface area contributed by atoms with E-state index in [-0.39, 0.29) is 11.9 Å². The third-order valence-electron chi connectivity index (χ3n) is 5.14. The lowest BCUT2D eigenvalue weighted by Crippen LogP contribution is -2.27. The fourth-order valence-electron chi connectivity index (χ4n) is 3.26. The van der Waals surface area contributed by atoms with Crippen molar-refractivity contribution in [3.05, 3.63) is 70.7 Å². The summed E-state index contributed by atoms with van der Waals surface area (Å²) in [5.41, 5.74) is 5.54. The van der Waals surface area contributed by atoms with Gasteiger partial charge in [-0.25, -0.2) is 4.98 Å². The number of rotatable bonds is 7. The number of benzene rings is 2. The summed E-state index contributed by atoms with van der Waals surface area (Å²) in [5.74, 6) is 2.01. The van der Waals surface area contributed by atoms with Crippen molar-refractivity contribution in [1.29, 1.82) is 0 Å². The van der Waals surface area contributed by atoms with E-state index in [0.717, 1.165) is 28.2 Å². The Kier molecular flexibility index (Phi) is 6.37. The second-order valence-electron chi connectivity index (χ2n) is 7.45. The summed E-state index contributed by atoms with van der Waals surface area (Å²) in [6.07, 6.45) is 2.48. The number of ether oxygens (including phenoxy) is 1. The largest absolute Gasteiger partial charge is 0.496 e. The first-order chi connectivity index (χ1) is 13.9. The lowest BCUT2D eigenvalue weighted by atomic mass is 10.0. The predicted molar refractivity (Wildman–Crippen MR) is 114 cm³/mol. The molecule has 0 saturated carbocycles. The van der Waals surface area contributed by atoms with Crippen LogP contribution in [0.3, 0.4) is 0 Å². The van der Waals surface area contributed by atoms with E-state index in [4.69, 9.17) is 9.15 Å². The van der Waals surface area contributed by atoms with Crippen LogP contribution >= 0.6 is 0 Å². The monoisotopic (exact) mass is 392 g/mol. The van der Waals surface area contributed by atoms with Crippen LogP contribution in [-0.2, 0) is 11.2 Å². The van der Waals surface area contributed by atoms with Crippen molar-refractivity contribution in [1.82, 2.24) is 10.3 Å². The Morgan fingerprint density at radius 2 is 1.93 bits per heavy atom. The van der Waals surface area contributed by atoms with Gasteiger partial charge < -0.3 is 14.5 Å². The first-order valence-electron chi connectivity index (χ1n) is 9.83. The summed E-state index contributed by atoms with van der Waals surface area (Å²) in [6, 6.07) is 12.0. The molecule has 3 aromatic rings. The van der Waals surface area contributed by atoms with Crippen molar-refractivity contribution in [3.8, 4) is 17.1 Å². The molecule has 29 heavy (non-hydrogen) atoms. The van der Waals surface area contributed by atoms with Crippen molar-refractivity contribution in [2.24, 2.45) is 0 Å². The fraction of sp³-hybridized carbons (Fsp3) is 0.333. The molecule has 0 unspecified atom stereocenters. The number of methoxy groups -OCH3 is 1. The van der Waals surface area contributed by atoms with Crippen molar-refractivity contribution in [2.75, 3.05) is 7.11 Å². The highest BCUT2D eigenvalue weighted by molar-refractivity contribution is 5.76. The zero-order chi connectivity index (χ0) is 21.0. The minimum Gasteiger partial charge on any atom is -0.496 e. The third-order valence-corrected chi connectivity index (χ3v) is 5.14. The number of hydrogen-bond donors (Lipinski definition) is 1. The number of hydrogen-bond acceptors (Lipinski definition) is 4. The standard InChI is InChI=1S/C24H28N2O3/c1-15-6-9-21(28-5)20(12-15)18(4)26-23(27)10-11-24-25-14-22(29-24)19-8-7-16(2)17(3)13-19/h6-9,12-14,18H,10-11H2,1-5H3,(H,26,27)/t18-/m1/s1. The molecule has 0 aliphatic heterocycles. The number of carbonyl (C=O) groups excluding carboxylic acids is 1. The van der Waals surface area contributed by atoms with Crippen LogP contribution < -0.4 is 10.1 Å². The van der Waals surface area contributed by atoms with E-state index >= 15 is 0 Å². The van der Waals surface area contributed by atoms with Crippen LogP contribution in [0.5, 0.6) is 5.75 Å². The molecule has 1 heterocycles. The fourth-order valence-corrected chi connectivity index (χ4v) is 3.26. The van der Waals surface area contributed by atoms with Gasteiger partial charge in [-0.05, 0) is 51.0 Å². The van der Waals surface area contributed by atoms with E-state index < -0.39 is 0 Å². The number of nitrogens with one attached hydrogen (secondary N) is 1. The molecule has 0 radical (unpaired) electrons. The molecule has 5 nitrogen and oxygen atoms in total. The SMILES string of the molecule is COc1ccc(C)cc1[C@@H](C)NC(=O)CCc1ncc(-c2ccc(C)c(C)c2)o1. The molecule has 152 valence electrons. The van der Waals surface area contributed by atoms with Crippen LogP contribution in [0, 0.1) is 20.8 Å². The van der Waals surface area contributed by atoms with E-state index in [9.17, 15) is 4.79 Å². The third kappa shape index (κ3) is 5.05. The summed E-state index contributed by atoms with van der Waals surface area (Å²) >= 11 is 0. The number of carbonyl (C=O) groups is 1. The molecular formula is C24H28N2O3. The molecule has 0 aliphatic carbocycles. The van der Waals surface area contributed by atoms with Crippen LogP contribution in [0.2, 0.25) is 0 Å². The van der Waals surface area contributed by atoms with Crippen LogP contribution in [0.4, 0.5) is 0 Å². The molecule has 1 aromatic heterocycles. The van der Waals surface area contributed by atoms with Gasteiger partial charge in [0, 0.05) is 24.0 Å². The molecule has 0 bridgehead atoms. The van der Waals surface area contributed by atoms with Crippen molar-refractivity contribution in [3.63, 3.8) is 0 Å². The highest BCUT2D eigenvalue weighted by Gasteiger charge is 2.15. The Morgan fingerprint density at radius 1 is 1.14 bits per heavy atom. The van der Waals surface area contributed by atoms with Crippen molar-refractivity contribution in [2.45, 2.75) is 46.6 Å². The predicted octanol–water partition coefficient (Wildman–Crippen LogP) is 5.09. The highest BCUT2D eigenvalue weighted by Crippen LogP contribution is 2.26. The van der Waals surface area contributed by atoms with Gasteiger partial charge in [0.2, 0.25) is 5.91 Å². The molecule has 2 aromatic carbocycles. The molecule has 0 spiro atoms. The van der Waals surface area contributed by atoms with E-state index in [1.807, 2.05) is 38.1 Å². The topological polar surface area (TPSA) is 64.4 Å². The average Bonchev–Trinajstić information content (AvgIpc) is 3.17. The summed E-state index contributed by atoms with van der Waals surface area (Å²) < 4.78 is 11.3. The van der Waals surface area contributed by atoms with Crippen LogP contribution in [0.25, 0.3) is 11.3 Å². The van der Waals surface area contributed by atoms with Gasteiger partial charge in [-0.15, -0.1) is 0 Å². The maximum absolute atomic E-state index is 12.4. The second kappa shape index (κ2) is 8.95. The van der Waals surface area contributed by atoms with E-state index in [1.165, 1.54) is 11.1 Å². The number of aryl methyl sites for hydroxylation is 4. The van der Waals surface area contributed by atoms with Crippen LogP contribution in [-0.4, -0.2) is 18.0 Å². The smallest absolute Gasteiger partial charge is 0.220 e. The van der Waals surface area contributed by atoms with Crippen molar-refractivity contribution < 1.29 is 13.9 Å². The summed E-state index contributed by atoms with van der Waals surface area (Å²) in [7, 11) is 1.64. The summed E-state index contributed by atoms with van der Waals surface area (Å²) in [6.45, 7) is 8.13. The molecule has 3 rings (SSSR count). The number of aromatic nitrogens is 1. The van der Waals surface area contributed by atoms with Gasteiger partial charge in [0.15, 0.2) is 11.7 Å². The molecule has 0 fully saturated rings. The Morgan fingerprint density at radius 3 is 2.66 bits per heavy atom. The first-order valence-corrected chi connectivity index (χ1v) is 9.83. The molecule has 1 amide bonds. The van der Waals surface area contributed by atoms with Crippen LogP contribution in [0.15, 0.2) is 47.0 Å². The van der Waals surface area contributed by atoms with Gasteiger partial charge in [0.1, 0.15) is 5.75 Å². The summed E-state index contributed by atoms with van der Waals surface area (Å²) in [5, 5.41) is 3.03. The quantitative estimate of drug-likeness (QED) is 0.609. The Bertz CT molecular complexity index is 1010. The molecule has 1 atom stereocenters. The Labute approximate surface area is 172 Å². The van der Waals surface area contributed by atoms with E-state index in [1.54, 1.807) is 13.3 Å². The minimum atomic E-state index is -0.145. The summed E-state index contributed by atoms with van der Waals surface area (Å²) in [4.78, 5) is 16.7. The van der Waals surface area contributed by atoms with Gasteiger partial charge in [-0.1, -0.05) is 29.8 Å². The zero-order valence-corrected chi connectivity index (χ0v) is 17.7. The minimum absolute atomic E-state index is 0.0491. The second-order valence-corrected chi connectivity index (χ2v) is 7.45. The molecular weight excluding hydrogens is 364 g/mol. The number of nitrogens with zero attached hydrogens (tertiary/aromatic N) is 1. The molecule has 1 N–H and O–H groups in total. The maximum atomic E-state index is 12.4. The van der Waals surface area contributed by atoms with Gasteiger partial charge in [0.25, 0.3) is 0 Å². The van der Waals surface area contributed by atoms with Gasteiger partial charge >= 0.3 is 0 Å². The van der Waals surface area contributed by atoms with Gasteiger partial charge in [-0.2, -0.15) is 0 Å². The lowest BCUT2D eigenvalue weighted by molar-refractivity contribution is -0.121. The number of amides is 1. The van der Waals surface area contributed by atoms with Gasteiger partial charge in [-0.3, -0.25) is 4.79 Å². The van der Waals surface area contributed by atoms with E-state index in [2.05, 4.69) is 36.3 Å². The highest BCUT2D eigenvalue weighted by atomic mass is 16.5. The van der Waals surface area contributed by atoms with Crippen molar-refractivity contribution >= 4 is 5.91 Å². The Hall–Kier alpha value is -3.08. The van der Waals surface area contributed by atoms with E-state index in [0.29, 0.717) is 18.7 Å². The molecule has 0 aliphatic rings. The normalized spacial score (nSPS) is 11.9. The first kappa shape index (κ1) is 20.6. The molecule has 0 saturated heterocycles. The average molecular weight is 392 g/mol. The maximum Gasteiger partial charge on any atom is 0.220 e. The molecule has 5 heteroatoms. The van der Waals surface area contributed by atoms with Crippen LogP contribution in [0.1, 0.15) is 47.5 Å². The van der Waals surface area contributed by atoms with Gasteiger partial charge in [0.05, 0.1) is 19.3 Å². The Balaban J connectivity index is 1.59. The number of oxazole rings is 1. The lowest BCUT2D eigenvalue weighted by Gasteiger charge is -2.18. The zero-order valence-electron chi connectivity index (χ0n) is 17.7.